The second kappa shape index (κ2) is 34.2. The second-order valence-electron chi connectivity index (χ2n) is 16.0. The average molecular weight is 763 g/mol. The Morgan fingerprint density at radius 1 is 0.473 bits per heavy atom. The first kappa shape index (κ1) is 48.1. The Morgan fingerprint density at radius 3 is 1.15 bits per heavy atom. The van der Waals surface area contributed by atoms with Gasteiger partial charge in [-0.3, -0.25) is 9.98 Å². The van der Waals surface area contributed by atoms with Crippen LogP contribution in [0.4, 0.5) is 0 Å². The highest BCUT2D eigenvalue weighted by Crippen LogP contribution is 2.24. The highest BCUT2D eigenvalue weighted by atomic mass is 16.5. The molecule has 2 rings (SSSR count). The van der Waals surface area contributed by atoms with Gasteiger partial charge in [0.05, 0.1) is 25.8 Å². The average Bonchev–Trinajstić information content (AvgIpc) is 3.18. The summed E-state index contributed by atoms with van der Waals surface area (Å²) in [6.07, 6.45) is 40.9. The van der Waals surface area contributed by atoms with Crippen LogP contribution in [0.15, 0.2) is 46.4 Å². The van der Waals surface area contributed by atoms with E-state index in [2.05, 4.69) is 23.8 Å². The molecule has 0 radical (unpaired) electrons. The normalized spacial score (nSPS) is 12.3. The number of aromatic hydroxyl groups is 2. The van der Waals surface area contributed by atoms with Crippen LogP contribution in [0.25, 0.3) is 0 Å². The summed E-state index contributed by atoms with van der Waals surface area (Å²) < 4.78 is 11.8. The van der Waals surface area contributed by atoms with E-state index < -0.39 is 0 Å². The summed E-state index contributed by atoms with van der Waals surface area (Å²) >= 11 is 0. The summed E-state index contributed by atoms with van der Waals surface area (Å²) in [5.41, 5.74) is 1.31. The van der Waals surface area contributed by atoms with Crippen molar-refractivity contribution < 1.29 is 19.7 Å². The summed E-state index contributed by atoms with van der Waals surface area (Å²) in [6, 6.07) is 10.7. The van der Waals surface area contributed by atoms with E-state index in [4.69, 9.17) is 9.47 Å². The van der Waals surface area contributed by atoms with E-state index in [1.54, 1.807) is 24.6 Å². The molecule has 0 aliphatic rings. The summed E-state index contributed by atoms with van der Waals surface area (Å²) in [7, 11) is 0. The van der Waals surface area contributed by atoms with Crippen molar-refractivity contribution in [2.75, 3.05) is 19.8 Å². The van der Waals surface area contributed by atoms with Gasteiger partial charge in [-0.1, -0.05) is 181 Å². The summed E-state index contributed by atoms with van der Waals surface area (Å²) in [4.78, 5) is 9.06. The number of benzene rings is 2. The van der Waals surface area contributed by atoms with Crippen LogP contribution in [0.2, 0.25) is 0 Å². The molecular weight excluding hydrogens is 681 g/mol. The van der Waals surface area contributed by atoms with Gasteiger partial charge in [0.15, 0.2) is 0 Å². The van der Waals surface area contributed by atoms with Crippen LogP contribution in [-0.2, 0) is 0 Å². The monoisotopic (exact) mass is 763 g/mol. The van der Waals surface area contributed by atoms with Gasteiger partial charge >= 0.3 is 0 Å². The molecule has 0 spiro atoms. The highest BCUT2D eigenvalue weighted by molar-refractivity contribution is 5.84. The van der Waals surface area contributed by atoms with Gasteiger partial charge in [0.25, 0.3) is 0 Å². The second-order valence-corrected chi connectivity index (χ2v) is 16.0. The maximum atomic E-state index is 10.5. The van der Waals surface area contributed by atoms with Gasteiger partial charge < -0.3 is 19.7 Å². The number of hydrogen-bond acceptors (Lipinski definition) is 6. The van der Waals surface area contributed by atoms with E-state index in [-0.39, 0.29) is 17.5 Å². The molecule has 55 heavy (non-hydrogen) atoms. The Bertz CT molecular complexity index is 1250. The van der Waals surface area contributed by atoms with Crippen LogP contribution >= 0.6 is 0 Å². The van der Waals surface area contributed by atoms with Gasteiger partial charge in [-0.25, -0.2) is 0 Å². The minimum Gasteiger partial charge on any atom is -0.507 e. The van der Waals surface area contributed by atoms with Crippen LogP contribution in [0.1, 0.15) is 212 Å². The minimum absolute atomic E-state index is 0.0817. The molecule has 312 valence electrons. The van der Waals surface area contributed by atoms with E-state index in [0.29, 0.717) is 42.4 Å². The van der Waals surface area contributed by atoms with Crippen molar-refractivity contribution in [3.63, 3.8) is 0 Å². The van der Waals surface area contributed by atoms with Gasteiger partial charge in [-0.2, -0.15) is 0 Å². The maximum Gasteiger partial charge on any atom is 0.128 e. The Labute approximate surface area is 338 Å². The molecular formula is C49H82N2O4. The molecule has 0 aliphatic heterocycles. The number of aliphatic imine (C=N–C) groups is 2. The molecule has 2 N–H and O–H groups in total. The fourth-order valence-corrected chi connectivity index (χ4v) is 6.98. The lowest BCUT2D eigenvalue weighted by molar-refractivity contribution is 0.302. The predicted molar refractivity (Wildman–Crippen MR) is 237 cm³/mol. The topological polar surface area (TPSA) is 83.6 Å². The maximum absolute atomic E-state index is 10.5. The molecule has 0 aliphatic carbocycles. The van der Waals surface area contributed by atoms with Crippen LogP contribution in [0.5, 0.6) is 23.0 Å². The van der Waals surface area contributed by atoms with Crippen molar-refractivity contribution >= 4 is 12.4 Å². The molecule has 0 saturated heterocycles. The Hall–Kier alpha value is -3.02. The number of phenolic OH excluding ortho intramolecular Hbond substituents is 2. The van der Waals surface area contributed by atoms with Crippen molar-refractivity contribution in [1.82, 2.24) is 0 Å². The van der Waals surface area contributed by atoms with E-state index in [9.17, 15) is 10.2 Å². The predicted octanol–water partition coefficient (Wildman–Crippen LogP) is 14.7. The Kier molecular flexibility index (Phi) is 30.0. The van der Waals surface area contributed by atoms with Crippen LogP contribution in [0.3, 0.4) is 0 Å². The van der Waals surface area contributed by atoms with E-state index in [1.807, 2.05) is 31.2 Å². The standard InChI is InChI=1S/C49H82N2O4/c1-4-6-8-10-12-14-16-18-20-22-24-26-28-30-36-54-46-34-32-44(48(52)38-46)41-50-40-43(3)51-42-45-33-35-47(39-49(45)53)55-37-31-29-27-25-23-21-19-17-15-13-11-9-7-5-2/h32-35,38-39,41-43,52-53H,4-31,36-37,40H2,1-3H3/t43-/m0/s1. The fraction of sp³-hybridized carbons (Fsp3) is 0.714. The minimum atomic E-state index is -0.0817. The van der Waals surface area contributed by atoms with Crippen molar-refractivity contribution in [3.8, 4) is 23.0 Å². The quantitative estimate of drug-likeness (QED) is 0.0530. The first-order chi connectivity index (χ1) is 27.0. The van der Waals surface area contributed by atoms with Crippen LogP contribution in [-0.4, -0.2) is 48.4 Å². The molecule has 2 aromatic carbocycles. The van der Waals surface area contributed by atoms with Crippen molar-refractivity contribution in [1.29, 1.82) is 0 Å². The first-order valence-electron chi connectivity index (χ1n) is 23.0. The lowest BCUT2D eigenvalue weighted by atomic mass is 10.0. The number of hydrogen-bond donors (Lipinski definition) is 2. The molecule has 1 atom stereocenters. The molecule has 0 saturated carbocycles. The molecule has 0 amide bonds. The van der Waals surface area contributed by atoms with Crippen molar-refractivity contribution in [2.24, 2.45) is 9.98 Å². The number of phenols is 2. The highest BCUT2D eigenvalue weighted by Gasteiger charge is 2.05. The zero-order chi connectivity index (χ0) is 39.4. The van der Waals surface area contributed by atoms with Crippen LogP contribution in [0, 0.1) is 0 Å². The van der Waals surface area contributed by atoms with Crippen molar-refractivity contribution in [2.45, 2.75) is 207 Å². The largest absolute Gasteiger partial charge is 0.507 e. The first-order valence-corrected chi connectivity index (χ1v) is 23.0. The van der Waals surface area contributed by atoms with Gasteiger partial charge in [0.2, 0.25) is 0 Å². The molecule has 0 fully saturated rings. The van der Waals surface area contributed by atoms with E-state index in [0.717, 1.165) is 12.8 Å². The van der Waals surface area contributed by atoms with E-state index >= 15 is 0 Å². The summed E-state index contributed by atoms with van der Waals surface area (Å²) in [5.74, 6) is 1.70. The molecule has 0 unspecified atom stereocenters. The number of rotatable bonds is 37. The third kappa shape index (κ3) is 26.5. The number of nitrogens with zero attached hydrogens (tertiary/aromatic N) is 2. The zero-order valence-corrected chi connectivity index (χ0v) is 35.7. The molecule has 0 aromatic heterocycles. The fourth-order valence-electron chi connectivity index (χ4n) is 6.98. The SMILES string of the molecule is CCCCCCCCCCCCCCCCOc1ccc(C=NC[C@H](C)N=Cc2ccc(OCCCCCCCCCCCCCCCC)cc2O)c(O)c1. The number of unbranched alkanes of at least 4 members (excludes halogenated alkanes) is 26. The molecule has 0 bridgehead atoms. The van der Waals surface area contributed by atoms with Gasteiger partial charge in [0.1, 0.15) is 23.0 Å². The Morgan fingerprint density at radius 2 is 0.800 bits per heavy atom. The van der Waals surface area contributed by atoms with Gasteiger partial charge in [0, 0.05) is 35.7 Å². The van der Waals surface area contributed by atoms with E-state index in [1.165, 1.54) is 167 Å². The smallest absolute Gasteiger partial charge is 0.128 e. The number of ether oxygens (including phenoxy) is 2. The third-order valence-electron chi connectivity index (χ3n) is 10.6. The molecule has 2 aromatic rings. The summed E-state index contributed by atoms with van der Waals surface area (Å²) in [5, 5.41) is 21.0. The lowest BCUT2D eigenvalue weighted by Gasteiger charge is -2.09. The third-order valence-corrected chi connectivity index (χ3v) is 10.6. The molecule has 6 heteroatoms. The molecule has 6 nitrogen and oxygen atoms in total. The van der Waals surface area contributed by atoms with Gasteiger partial charge in [-0.05, 0) is 44.0 Å². The lowest BCUT2D eigenvalue weighted by Crippen LogP contribution is -2.04. The summed E-state index contributed by atoms with van der Waals surface area (Å²) in [6.45, 7) is 8.35. The Balaban J connectivity index is 1.51. The van der Waals surface area contributed by atoms with Crippen LogP contribution < -0.4 is 9.47 Å². The molecule has 0 heterocycles. The van der Waals surface area contributed by atoms with Gasteiger partial charge in [-0.15, -0.1) is 0 Å². The van der Waals surface area contributed by atoms with Crippen molar-refractivity contribution in [3.05, 3.63) is 47.5 Å². The zero-order valence-electron chi connectivity index (χ0n) is 35.7.